The van der Waals surface area contributed by atoms with E-state index >= 15 is 0 Å². The summed E-state index contributed by atoms with van der Waals surface area (Å²) in [6, 6.07) is 0. The maximum Gasteiger partial charge on any atom is 0.128 e. The highest BCUT2D eigenvalue weighted by Gasteiger charge is 2.14. The van der Waals surface area contributed by atoms with E-state index in [1.165, 1.54) is 94.0 Å². The summed E-state index contributed by atoms with van der Waals surface area (Å²) in [5, 5.41) is 0. The summed E-state index contributed by atoms with van der Waals surface area (Å²) in [4.78, 5) is 10.1. The maximum absolute atomic E-state index is 5.04. The smallest absolute Gasteiger partial charge is 0.128 e. The summed E-state index contributed by atoms with van der Waals surface area (Å²) in [7, 11) is 0. The molecule has 2 nitrogen and oxygen atoms in total. The van der Waals surface area contributed by atoms with Crippen LogP contribution in [0.3, 0.4) is 0 Å². The van der Waals surface area contributed by atoms with E-state index in [1.54, 1.807) is 0 Å². The Balaban J connectivity index is 3.02. The summed E-state index contributed by atoms with van der Waals surface area (Å²) in [6.45, 7) is 9.11. The van der Waals surface area contributed by atoms with Crippen molar-refractivity contribution in [1.29, 1.82) is 0 Å². The van der Waals surface area contributed by atoms with Gasteiger partial charge in [-0.3, -0.25) is 0 Å². The summed E-state index contributed by atoms with van der Waals surface area (Å²) >= 11 is 0. The molecular formula is C23H42N2. The molecule has 0 aliphatic heterocycles. The van der Waals surface area contributed by atoms with Crippen LogP contribution in [0.5, 0.6) is 0 Å². The van der Waals surface area contributed by atoms with Crippen LogP contribution in [0.2, 0.25) is 0 Å². The van der Waals surface area contributed by atoms with E-state index in [9.17, 15) is 0 Å². The van der Waals surface area contributed by atoms with Crippen molar-refractivity contribution in [3.05, 3.63) is 22.8 Å². The molecule has 0 spiro atoms. The predicted molar refractivity (Wildman–Crippen MR) is 110 cm³/mol. The molecular weight excluding hydrogens is 304 g/mol. The molecule has 25 heavy (non-hydrogen) atoms. The molecule has 0 N–H and O–H groups in total. The minimum Gasteiger partial charge on any atom is -0.238 e. The topological polar surface area (TPSA) is 25.8 Å². The molecule has 0 saturated carbocycles. The molecule has 0 saturated heterocycles. The van der Waals surface area contributed by atoms with Crippen LogP contribution < -0.4 is 0 Å². The lowest BCUT2D eigenvalue weighted by atomic mass is 9.97. The molecule has 0 atom stereocenters. The van der Waals surface area contributed by atoms with Crippen LogP contribution in [0.25, 0.3) is 0 Å². The van der Waals surface area contributed by atoms with Gasteiger partial charge in [-0.05, 0) is 50.5 Å². The third-order valence-electron chi connectivity index (χ3n) is 5.04. The number of hydrogen-bond acceptors (Lipinski definition) is 2. The number of hydrogen-bond donors (Lipinski definition) is 0. The Morgan fingerprint density at radius 1 is 0.480 bits per heavy atom. The van der Waals surface area contributed by atoms with Gasteiger partial charge in [0.15, 0.2) is 0 Å². The van der Waals surface area contributed by atoms with Gasteiger partial charge in [-0.2, -0.15) is 0 Å². The molecule has 144 valence electrons. The Morgan fingerprint density at radius 3 is 1.36 bits per heavy atom. The molecule has 2 heteroatoms. The zero-order valence-corrected chi connectivity index (χ0v) is 17.5. The molecule has 1 heterocycles. The molecule has 0 radical (unpaired) electrons. The minimum absolute atomic E-state index is 1.05. The van der Waals surface area contributed by atoms with E-state index in [4.69, 9.17) is 9.97 Å². The SMILES string of the molecule is CCCCCc1nc(CCCC)nc(CCCCC)c1CCCCC. The summed E-state index contributed by atoms with van der Waals surface area (Å²) in [5.74, 6) is 1.11. The van der Waals surface area contributed by atoms with Gasteiger partial charge in [0.2, 0.25) is 0 Å². The molecule has 0 aromatic carbocycles. The fourth-order valence-corrected chi connectivity index (χ4v) is 3.42. The number of unbranched alkanes of at least 4 members (excludes halogenated alkanes) is 7. The van der Waals surface area contributed by atoms with Gasteiger partial charge in [0.25, 0.3) is 0 Å². The molecule has 0 aliphatic carbocycles. The second-order valence-corrected chi connectivity index (χ2v) is 7.49. The minimum atomic E-state index is 1.05. The van der Waals surface area contributed by atoms with Crippen LogP contribution in [-0.4, -0.2) is 9.97 Å². The van der Waals surface area contributed by atoms with E-state index in [0.717, 1.165) is 25.1 Å². The summed E-state index contributed by atoms with van der Waals surface area (Å²) in [5.41, 5.74) is 4.29. The van der Waals surface area contributed by atoms with Gasteiger partial charge in [0, 0.05) is 17.8 Å². The molecule has 0 bridgehead atoms. The Hall–Kier alpha value is -0.920. The van der Waals surface area contributed by atoms with E-state index in [-0.39, 0.29) is 0 Å². The molecule has 1 rings (SSSR count). The summed E-state index contributed by atoms with van der Waals surface area (Å²) in [6.07, 6.45) is 18.6. The largest absolute Gasteiger partial charge is 0.238 e. The normalized spacial score (nSPS) is 11.2. The highest BCUT2D eigenvalue weighted by molar-refractivity contribution is 5.27. The molecule has 0 unspecified atom stereocenters. The van der Waals surface area contributed by atoms with Crippen LogP contribution in [0.1, 0.15) is 121 Å². The molecule has 1 aromatic rings. The van der Waals surface area contributed by atoms with Crippen LogP contribution in [0, 0.1) is 0 Å². The number of aryl methyl sites for hydroxylation is 3. The van der Waals surface area contributed by atoms with Crippen molar-refractivity contribution in [2.75, 3.05) is 0 Å². The molecule has 1 aromatic heterocycles. The van der Waals surface area contributed by atoms with Crippen LogP contribution >= 0.6 is 0 Å². The highest BCUT2D eigenvalue weighted by Crippen LogP contribution is 2.21. The molecule has 0 aliphatic rings. The zero-order chi connectivity index (χ0) is 18.3. The van der Waals surface area contributed by atoms with Gasteiger partial charge in [-0.1, -0.05) is 72.6 Å². The predicted octanol–water partition coefficient (Wildman–Crippen LogP) is 7.02. The Bertz CT molecular complexity index is 422. The van der Waals surface area contributed by atoms with Gasteiger partial charge in [-0.15, -0.1) is 0 Å². The highest BCUT2D eigenvalue weighted by atomic mass is 14.9. The van der Waals surface area contributed by atoms with Crippen molar-refractivity contribution in [1.82, 2.24) is 9.97 Å². The quantitative estimate of drug-likeness (QED) is 0.319. The second kappa shape index (κ2) is 14.3. The van der Waals surface area contributed by atoms with Gasteiger partial charge in [0.1, 0.15) is 5.82 Å². The van der Waals surface area contributed by atoms with Crippen LogP contribution in [0.4, 0.5) is 0 Å². The zero-order valence-electron chi connectivity index (χ0n) is 17.5. The third kappa shape index (κ3) is 8.83. The van der Waals surface area contributed by atoms with Crippen molar-refractivity contribution >= 4 is 0 Å². The first-order valence-electron chi connectivity index (χ1n) is 11.1. The summed E-state index contributed by atoms with van der Waals surface area (Å²) < 4.78 is 0. The van der Waals surface area contributed by atoms with Gasteiger partial charge >= 0.3 is 0 Å². The van der Waals surface area contributed by atoms with Gasteiger partial charge < -0.3 is 0 Å². The average Bonchev–Trinajstić information content (AvgIpc) is 2.62. The van der Waals surface area contributed by atoms with Crippen LogP contribution in [-0.2, 0) is 25.7 Å². The van der Waals surface area contributed by atoms with E-state index in [2.05, 4.69) is 27.7 Å². The standard InChI is InChI=1S/C23H42N2/c1-5-9-13-16-20-21(17-14-10-6-2)24-23(19-12-8-4)25-22(20)18-15-11-7-3/h5-19H2,1-4H3. The van der Waals surface area contributed by atoms with Crippen molar-refractivity contribution in [3.63, 3.8) is 0 Å². The van der Waals surface area contributed by atoms with E-state index < -0.39 is 0 Å². The lowest BCUT2D eigenvalue weighted by Crippen LogP contribution is -2.11. The first-order chi connectivity index (χ1) is 12.3. The van der Waals surface area contributed by atoms with Crippen LogP contribution in [0.15, 0.2) is 0 Å². The van der Waals surface area contributed by atoms with Gasteiger partial charge in [-0.25, -0.2) is 9.97 Å². The van der Waals surface area contributed by atoms with Crippen molar-refractivity contribution < 1.29 is 0 Å². The fraction of sp³-hybridized carbons (Fsp3) is 0.826. The van der Waals surface area contributed by atoms with Crippen molar-refractivity contribution in [3.8, 4) is 0 Å². The third-order valence-corrected chi connectivity index (χ3v) is 5.04. The second-order valence-electron chi connectivity index (χ2n) is 7.49. The number of aromatic nitrogens is 2. The van der Waals surface area contributed by atoms with E-state index in [1.807, 2.05) is 0 Å². The molecule has 0 fully saturated rings. The van der Waals surface area contributed by atoms with Gasteiger partial charge in [0.05, 0.1) is 0 Å². The maximum atomic E-state index is 5.04. The van der Waals surface area contributed by atoms with Crippen molar-refractivity contribution in [2.24, 2.45) is 0 Å². The monoisotopic (exact) mass is 346 g/mol. The Morgan fingerprint density at radius 2 is 0.920 bits per heavy atom. The Kier molecular flexibility index (Phi) is 12.6. The number of nitrogens with zero attached hydrogens (tertiary/aromatic N) is 2. The fourth-order valence-electron chi connectivity index (χ4n) is 3.42. The lowest BCUT2D eigenvalue weighted by molar-refractivity contribution is 0.642. The average molecular weight is 347 g/mol. The Labute approximate surface area is 157 Å². The first-order valence-corrected chi connectivity index (χ1v) is 11.1. The lowest BCUT2D eigenvalue weighted by Gasteiger charge is -2.16. The number of rotatable bonds is 15. The first kappa shape index (κ1) is 22.1. The van der Waals surface area contributed by atoms with Crippen molar-refractivity contribution in [2.45, 2.75) is 124 Å². The van der Waals surface area contributed by atoms with E-state index in [0.29, 0.717) is 0 Å². The molecule has 0 amide bonds.